The molecule has 0 saturated carbocycles. The largest absolute Gasteiger partial charge is 0.461 e. The Morgan fingerprint density at radius 1 is 1.04 bits per heavy atom. The number of hydrogen-bond donors (Lipinski definition) is 0. The van der Waals surface area contributed by atoms with Gasteiger partial charge in [-0.05, 0) is 56.5 Å². The van der Waals surface area contributed by atoms with Gasteiger partial charge < -0.3 is 8.60 Å². The van der Waals surface area contributed by atoms with Gasteiger partial charge in [0.25, 0.3) is 0 Å². The maximum atomic E-state index is 12.5. The van der Waals surface area contributed by atoms with Crippen molar-refractivity contribution in [3.63, 3.8) is 0 Å². The average Bonchev–Trinajstić information content (AvgIpc) is 2.99. The minimum absolute atomic E-state index is 0.0109. The van der Waals surface area contributed by atoms with Gasteiger partial charge in [0.1, 0.15) is 22.0 Å². The van der Waals surface area contributed by atoms with Crippen molar-refractivity contribution in [2.75, 3.05) is 0 Å². The van der Waals surface area contributed by atoms with Crippen LogP contribution in [0.15, 0.2) is 51.8 Å². The van der Waals surface area contributed by atoms with Crippen molar-refractivity contribution < 1.29 is 21.8 Å². The number of benzene rings is 2. The standard InChI is InChI=1S/C20H18O5S/c1-13(21)14-6-9-16(10-7-14)26(22,23)25-15-8-11-20-18(12-15)17-4-2-3-5-19(17)24-20/h6-12H,2-5H2,1H3. The van der Waals surface area contributed by atoms with Crippen molar-refractivity contribution in [1.29, 1.82) is 0 Å². The number of carbonyl (C=O) groups excluding carboxylic acids is 1. The lowest BCUT2D eigenvalue weighted by Crippen LogP contribution is -2.10. The average molecular weight is 370 g/mol. The number of carbonyl (C=O) groups is 1. The number of fused-ring (bicyclic) bond motifs is 3. The molecule has 1 aromatic heterocycles. The molecule has 0 aliphatic heterocycles. The van der Waals surface area contributed by atoms with E-state index in [-0.39, 0.29) is 16.4 Å². The fraction of sp³-hybridized carbons (Fsp3) is 0.250. The van der Waals surface area contributed by atoms with Crippen LogP contribution in [0.5, 0.6) is 5.75 Å². The topological polar surface area (TPSA) is 73.6 Å². The molecule has 1 aliphatic carbocycles. The van der Waals surface area contributed by atoms with Gasteiger partial charge in [-0.3, -0.25) is 4.79 Å². The highest BCUT2D eigenvalue weighted by Crippen LogP contribution is 2.34. The van der Waals surface area contributed by atoms with Crippen molar-refractivity contribution >= 4 is 26.9 Å². The highest BCUT2D eigenvalue weighted by Gasteiger charge is 2.21. The lowest BCUT2D eigenvalue weighted by Gasteiger charge is -2.09. The zero-order valence-electron chi connectivity index (χ0n) is 14.3. The molecule has 1 heterocycles. The smallest absolute Gasteiger partial charge is 0.339 e. The van der Waals surface area contributed by atoms with E-state index >= 15 is 0 Å². The predicted octanol–water partition coefficient (Wildman–Crippen LogP) is 4.28. The highest BCUT2D eigenvalue weighted by atomic mass is 32.2. The second kappa shape index (κ2) is 6.29. The molecule has 0 atom stereocenters. The van der Waals surface area contributed by atoms with E-state index in [0.29, 0.717) is 5.56 Å². The van der Waals surface area contributed by atoms with Crippen molar-refractivity contribution in [2.24, 2.45) is 0 Å². The number of rotatable bonds is 4. The van der Waals surface area contributed by atoms with Gasteiger partial charge in [0, 0.05) is 22.9 Å². The van der Waals surface area contributed by atoms with Crippen LogP contribution < -0.4 is 4.18 Å². The second-order valence-corrected chi connectivity index (χ2v) is 8.03. The van der Waals surface area contributed by atoms with Gasteiger partial charge in [0.15, 0.2) is 5.78 Å². The number of aryl methyl sites for hydroxylation is 2. The maximum absolute atomic E-state index is 12.5. The molecule has 0 unspecified atom stereocenters. The molecule has 1 aliphatic rings. The minimum atomic E-state index is -3.97. The van der Waals surface area contributed by atoms with Crippen LogP contribution in [-0.2, 0) is 23.0 Å². The Morgan fingerprint density at radius 3 is 2.50 bits per heavy atom. The lowest BCUT2D eigenvalue weighted by atomic mass is 9.96. The summed E-state index contributed by atoms with van der Waals surface area (Å²) in [5.74, 6) is 1.12. The van der Waals surface area contributed by atoms with Crippen molar-refractivity contribution in [2.45, 2.75) is 37.5 Å². The van der Waals surface area contributed by atoms with Gasteiger partial charge in [0.2, 0.25) is 0 Å². The monoisotopic (exact) mass is 370 g/mol. The molecule has 2 aromatic carbocycles. The SMILES string of the molecule is CC(=O)c1ccc(S(=O)(=O)Oc2ccc3oc4c(c3c2)CCCC4)cc1. The van der Waals surface area contributed by atoms with E-state index < -0.39 is 10.1 Å². The lowest BCUT2D eigenvalue weighted by molar-refractivity contribution is 0.101. The first-order valence-corrected chi connectivity index (χ1v) is 9.95. The fourth-order valence-electron chi connectivity index (χ4n) is 3.32. The van der Waals surface area contributed by atoms with E-state index in [1.165, 1.54) is 31.2 Å². The van der Waals surface area contributed by atoms with E-state index in [1.54, 1.807) is 18.2 Å². The van der Waals surface area contributed by atoms with Crippen molar-refractivity contribution in [3.05, 3.63) is 59.4 Å². The maximum Gasteiger partial charge on any atom is 0.339 e. The summed E-state index contributed by atoms with van der Waals surface area (Å²) >= 11 is 0. The zero-order valence-corrected chi connectivity index (χ0v) is 15.1. The van der Waals surface area contributed by atoms with Crippen LogP contribution in [0.3, 0.4) is 0 Å². The first kappa shape index (κ1) is 16.8. The first-order chi connectivity index (χ1) is 12.4. The Balaban J connectivity index is 1.66. The molecule has 3 aromatic rings. The summed E-state index contributed by atoms with van der Waals surface area (Å²) in [6.07, 6.45) is 4.07. The van der Waals surface area contributed by atoms with Gasteiger partial charge in [-0.2, -0.15) is 8.42 Å². The molecular formula is C20H18O5S. The van der Waals surface area contributed by atoms with Crippen LogP contribution in [0.2, 0.25) is 0 Å². The normalized spacial score (nSPS) is 14.2. The molecule has 0 radical (unpaired) electrons. The van der Waals surface area contributed by atoms with Crippen LogP contribution in [0.4, 0.5) is 0 Å². The second-order valence-electron chi connectivity index (χ2n) is 6.49. The Labute approximate surface area is 151 Å². The first-order valence-electron chi connectivity index (χ1n) is 8.54. The Morgan fingerprint density at radius 2 is 1.77 bits per heavy atom. The third-order valence-electron chi connectivity index (χ3n) is 4.68. The van der Waals surface area contributed by atoms with Crippen LogP contribution in [0, 0.1) is 0 Å². The van der Waals surface area contributed by atoms with Gasteiger partial charge in [-0.1, -0.05) is 12.1 Å². The van der Waals surface area contributed by atoms with Crippen LogP contribution in [0.25, 0.3) is 11.0 Å². The summed E-state index contributed by atoms with van der Waals surface area (Å²) in [5, 5.41) is 0.916. The molecule has 4 rings (SSSR count). The molecule has 0 N–H and O–H groups in total. The minimum Gasteiger partial charge on any atom is -0.461 e. The summed E-state index contributed by atoms with van der Waals surface area (Å²) in [6.45, 7) is 1.43. The predicted molar refractivity (Wildman–Crippen MR) is 97.1 cm³/mol. The van der Waals surface area contributed by atoms with Crippen molar-refractivity contribution in [1.82, 2.24) is 0 Å². The van der Waals surface area contributed by atoms with Gasteiger partial charge in [-0.15, -0.1) is 0 Å². The fourth-order valence-corrected chi connectivity index (χ4v) is 4.25. The molecule has 0 amide bonds. The highest BCUT2D eigenvalue weighted by molar-refractivity contribution is 7.87. The molecule has 134 valence electrons. The molecule has 5 nitrogen and oxygen atoms in total. The summed E-state index contributed by atoms with van der Waals surface area (Å²) in [6, 6.07) is 10.8. The third kappa shape index (κ3) is 3.01. The Hall–Kier alpha value is -2.60. The third-order valence-corrected chi connectivity index (χ3v) is 5.94. The van der Waals surface area contributed by atoms with Crippen LogP contribution in [0.1, 0.15) is 41.4 Å². The summed E-state index contributed by atoms with van der Waals surface area (Å²) in [4.78, 5) is 11.3. The summed E-state index contributed by atoms with van der Waals surface area (Å²) < 4.78 is 36.2. The molecule has 6 heteroatoms. The van der Waals surface area contributed by atoms with E-state index in [4.69, 9.17) is 8.60 Å². The Kier molecular flexibility index (Phi) is 4.07. The van der Waals surface area contributed by atoms with Gasteiger partial charge >= 0.3 is 10.1 Å². The molecule has 26 heavy (non-hydrogen) atoms. The summed E-state index contributed by atoms with van der Waals surface area (Å²) in [5.41, 5.74) is 2.36. The van der Waals surface area contributed by atoms with Gasteiger partial charge in [0.05, 0.1) is 0 Å². The van der Waals surface area contributed by atoms with E-state index in [1.807, 2.05) is 0 Å². The molecule has 0 spiro atoms. The molecular weight excluding hydrogens is 352 g/mol. The van der Waals surface area contributed by atoms with E-state index in [2.05, 4.69) is 0 Å². The number of ketones is 1. The van der Waals surface area contributed by atoms with Gasteiger partial charge in [-0.25, -0.2) is 0 Å². The quantitative estimate of drug-likeness (QED) is 0.506. The summed E-state index contributed by atoms with van der Waals surface area (Å²) in [7, 11) is -3.97. The van der Waals surface area contributed by atoms with E-state index in [9.17, 15) is 13.2 Å². The van der Waals surface area contributed by atoms with Crippen LogP contribution in [-0.4, -0.2) is 14.2 Å². The van der Waals surface area contributed by atoms with Crippen LogP contribution >= 0.6 is 0 Å². The Bertz CT molecular complexity index is 1090. The van der Waals surface area contributed by atoms with Crippen molar-refractivity contribution in [3.8, 4) is 5.75 Å². The zero-order chi connectivity index (χ0) is 18.3. The molecule has 0 saturated heterocycles. The number of Topliss-reactive ketones (excluding diaryl/α,β-unsaturated/α-hetero) is 1. The molecule has 0 fully saturated rings. The number of hydrogen-bond acceptors (Lipinski definition) is 5. The number of furan rings is 1. The van der Waals surface area contributed by atoms with E-state index in [0.717, 1.165) is 48.0 Å². The molecule has 0 bridgehead atoms.